The number of hydrogen-bond acceptors (Lipinski definition) is 6. The monoisotopic (exact) mass is 384 g/mol. The molecule has 2 aromatic carbocycles. The molecule has 0 fully saturated rings. The van der Waals surface area contributed by atoms with Crippen LogP contribution in [0.5, 0.6) is 11.5 Å². The summed E-state index contributed by atoms with van der Waals surface area (Å²) in [5.74, 6) is -0.898. The van der Waals surface area contributed by atoms with Crippen molar-refractivity contribution in [3.05, 3.63) is 65.2 Å². The van der Waals surface area contributed by atoms with Gasteiger partial charge in [0.05, 0.1) is 7.11 Å². The van der Waals surface area contributed by atoms with E-state index >= 15 is 0 Å². The Bertz CT molecular complexity index is 890. The number of rotatable bonds is 9. The maximum absolute atomic E-state index is 11.9. The normalized spacial score (nSPS) is 10.5. The van der Waals surface area contributed by atoms with Crippen LogP contribution >= 0.6 is 0 Å². The molecule has 4 N–H and O–H groups in total. The second-order valence-corrected chi connectivity index (χ2v) is 5.67. The van der Waals surface area contributed by atoms with E-state index in [0.29, 0.717) is 22.6 Å². The van der Waals surface area contributed by atoms with Crippen LogP contribution in [0.3, 0.4) is 0 Å². The number of nitrogens with two attached hydrogens (primary N) is 2. The molecule has 2 aromatic rings. The third-order valence-corrected chi connectivity index (χ3v) is 3.59. The molecule has 0 radical (unpaired) electrons. The fourth-order valence-electron chi connectivity index (χ4n) is 2.19. The van der Waals surface area contributed by atoms with E-state index < -0.39 is 17.8 Å². The molecule has 0 atom stereocenters. The smallest absolute Gasteiger partial charge is 0.331 e. The second kappa shape index (κ2) is 9.77. The van der Waals surface area contributed by atoms with Crippen LogP contribution in [0.15, 0.2) is 48.5 Å². The van der Waals surface area contributed by atoms with Crippen LogP contribution in [0.1, 0.15) is 21.5 Å². The van der Waals surface area contributed by atoms with Crippen molar-refractivity contribution in [3.63, 3.8) is 0 Å². The van der Waals surface area contributed by atoms with E-state index in [0.717, 1.165) is 5.56 Å². The molecule has 8 nitrogen and oxygen atoms in total. The Morgan fingerprint density at radius 2 is 1.71 bits per heavy atom. The molecule has 2 amide bonds. The summed E-state index contributed by atoms with van der Waals surface area (Å²) in [5.41, 5.74) is 12.0. The lowest BCUT2D eigenvalue weighted by atomic mass is 10.1. The van der Waals surface area contributed by atoms with Crippen LogP contribution < -0.4 is 20.9 Å². The first-order valence-electron chi connectivity index (χ1n) is 8.21. The van der Waals surface area contributed by atoms with Gasteiger partial charge in [0.1, 0.15) is 6.61 Å². The maximum Gasteiger partial charge on any atom is 0.331 e. The highest BCUT2D eigenvalue weighted by Crippen LogP contribution is 2.28. The highest BCUT2D eigenvalue weighted by atomic mass is 16.5. The zero-order valence-corrected chi connectivity index (χ0v) is 15.2. The Labute approximate surface area is 161 Å². The summed E-state index contributed by atoms with van der Waals surface area (Å²) in [6.07, 6.45) is 2.83. The average molecular weight is 384 g/mol. The van der Waals surface area contributed by atoms with Crippen molar-refractivity contribution in [2.45, 2.75) is 6.61 Å². The van der Waals surface area contributed by atoms with Crippen molar-refractivity contribution < 1.29 is 28.6 Å². The minimum atomic E-state index is -0.599. The Morgan fingerprint density at radius 3 is 2.32 bits per heavy atom. The Morgan fingerprint density at radius 1 is 1.00 bits per heavy atom. The minimum Gasteiger partial charge on any atom is -0.493 e. The Balaban J connectivity index is 1.93. The SMILES string of the molecule is COc1cc(/C=C/C(=O)OCc2ccc(C(N)=O)cc2)ccc1OCC(N)=O. The van der Waals surface area contributed by atoms with Crippen LogP contribution in [0.2, 0.25) is 0 Å². The zero-order valence-electron chi connectivity index (χ0n) is 15.2. The van der Waals surface area contributed by atoms with E-state index in [1.807, 2.05) is 0 Å². The predicted molar refractivity (Wildman–Crippen MR) is 101 cm³/mol. The minimum absolute atomic E-state index is 0.0609. The van der Waals surface area contributed by atoms with Gasteiger partial charge < -0.3 is 25.7 Å². The van der Waals surface area contributed by atoms with Gasteiger partial charge in [-0.1, -0.05) is 18.2 Å². The largest absolute Gasteiger partial charge is 0.493 e. The van der Waals surface area contributed by atoms with E-state index in [1.165, 1.54) is 13.2 Å². The molecule has 0 heterocycles. The Kier molecular flexibility index (Phi) is 7.15. The highest BCUT2D eigenvalue weighted by Gasteiger charge is 2.07. The lowest BCUT2D eigenvalue weighted by Crippen LogP contribution is -2.20. The number of carbonyl (C=O) groups is 3. The Hall–Kier alpha value is -3.81. The van der Waals surface area contributed by atoms with E-state index in [2.05, 4.69) is 0 Å². The van der Waals surface area contributed by atoms with E-state index in [4.69, 9.17) is 25.7 Å². The first-order chi connectivity index (χ1) is 13.4. The molecular formula is C20H20N2O6. The molecule has 28 heavy (non-hydrogen) atoms. The molecule has 0 bridgehead atoms. The van der Waals surface area contributed by atoms with Crippen molar-refractivity contribution >= 4 is 23.9 Å². The molecule has 0 saturated carbocycles. The van der Waals surface area contributed by atoms with Gasteiger partial charge in [-0.05, 0) is 41.5 Å². The molecule has 8 heteroatoms. The summed E-state index contributed by atoms with van der Waals surface area (Å²) >= 11 is 0. The van der Waals surface area contributed by atoms with Crippen molar-refractivity contribution in [1.29, 1.82) is 0 Å². The fourth-order valence-corrected chi connectivity index (χ4v) is 2.19. The summed E-state index contributed by atoms with van der Waals surface area (Å²) in [7, 11) is 1.46. The van der Waals surface area contributed by atoms with Crippen molar-refractivity contribution in [2.75, 3.05) is 13.7 Å². The standard InChI is InChI=1S/C20H20N2O6/c1-26-17-10-13(4-8-16(17)27-12-18(21)23)5-9-19(24)28-11-14-2-6-15(7-3-14)20(22)25/h2-10H,11-12H2,1H3,(H2,21,23)(H2,22,25)/b9-5+. The lowest BCUT2D eigenvalue weighted by Gasteiger charge is -2.10. The van der Waals surface area contributed by atoms with Gasteiger partial charge in [0.15, 0.2) is 18.1 Å². The molecule has 0 aromatic heterocycles. The van der Waals surface area contributed by atoms with Crippen molar-refractivity contribution in [1.82, 2.24) is 0 Å². The summed E-state index contributed by atoms with van der Waals surface area (Å²) in [6.45, 7) is -0.205. The number of ether oxygens (including phenoxy) is 3. The van der Waals surface area contributed by atoms with Crippen LogP contribution in [-0.4, -0.2) is 31.5 Å². The quantitative estimate of drug-likeness (QED) is 0.496. The predicted octanol–water partition coefficient (Wildman–Crippen LogP) is 1.41. The molecule has 2 rings (SSSR count). The van der Waals surface area contributed by atoms with Gasteiger partial charge in [-0.3, -0.25) is 9.59 Å². The second-order valence-electron chi connectivity index (χ2n) is 5.67. The van der Waals surface area contributed by atoms with E-state index in [-0.39, 0.29) is 13.2 Å². The summed E-state index contributed by atoms with van der Waals surface area (Å²) in [6, 6.07) is 11.4. The van der Waals surface area contributed by atoms with Gasteiger partial charge in [-0.15, -0.1) is 0 Å². The number of carbonyl (C=O) groups excluding carboxylic acids is 3. The van der Waals surface area contributed by atoms with Gasteiger partial charge >= 0.3 is 5.97 Å². The van der Waals surface area contributed by atoms with Crippen LogP contribution in [0.25, 0.3) is 6.08 Å². The van der Waals surface area contributed by atoms with Crippen LogP contribution in [-0.2, 0) is 20.9 Å². The average Bonchev–Trinajstić information content (AvgIpc) is 2.69. The zero-order chi connectivity index (χ0) is 20.5. The first kappa shape index (κ1) is 20.5. The first-order valence-corrected chi connectivity index (χ1v) is 8.21. The van der Waals surface area contributed by atoms with Gasteiger partial charge in [0, 0.05) is 11.6 Å². The van der Waals surface area contributed by atoms with Gasteiger partial charge in [-0.25, -0.2) is 4.79 Å². The third kappa shape index (κ3) is 6.17. The van der Waals surface area contributed by atoms with Crippen molar-refractivity contribution in [2.24, 2.45) is 11.5 Å². The van der Waals surface area contributed by atoms with Crippen LogP contribution in [0.4, 0.5) is 0 Å². The topological polar surface area (TPSA) is 131 Å². The number of primary amides is 2. The van der Waals surface area contributed by atoms with E-state index in [1.54, 1.807) is 48.5 Å². The molecule has 0 aliphatic carbocycles. The van der Waals surface area contributed by atoms with E-state index in [9.17, 15) is 14.4 Å². The summed E-state index contributed by atoms with van der Waals surface area (Å²) in [5, 5.41) is 0. The van der Waals surface area contributed by atoms with Gasteiger partial charge in [0.25, 0.3) is 5.91 Å². The maximum atomic E-state index is 11.9. The van der Waals surface area contributed by atoms with Gasteiger partial charge in [-0.2, -0.15) is 0 Å². The third-order valence-electron chi connectivity index (χ3n) is 3.59. The van der Waals surface area contributed by atoms with Crippen molar-refractivity contribution in [3.8, 4) is 11.5 Å². The molecule has 0 unspecified atom stereocenters. The molecule has 0 spiro atoms. The number of hydrogen-bond donors (Lipinski definition) is 2. The molecule has 0 saturated heterocycles. The molecular weight excluding hydrogens is 364 g/mol. The summed E-state index contributed by atoms with van der Waals surface area (Å²) < 4.78 is 15.6. The summed E-state index contributed by atoms with van der Waals surface area (Å²) in [4.78, 5) is 33.7. The fraction of sp³-hybridized carbons (Fsp3) is 0.150. The molecule has 0 aliphatic rings. The molecule has 146 valence electrons. The molecule has 0 aliphatic heterocycles. The number of amides is 2. The van der Waals surface area contributed by atoms with Crippen LogP contribution in [0, 0.1) is 0 Å². The highest BCUT2D eigenvalue weighted by molar-refractivity contribution is 5.92. The number of methoxy groups -OCH3 is 1. The lowest BCUT2D eigenvalue weighted by molar-refractivity contribution is -0.138. The number of benzene rings is 2. The van der Waals surface area contributed by atoms with Gasteiger partial charge in [0.2, 0.25) is 5.91 Å². The number of esters is 1.